The van der Waals surface area contributed by atoms with Gasteiger partial charge < -0.3 is 5.32 Å². The minimum absolute atomic E-state index is 0.0779. The van der Waals surface area contributed by atoms with Crippen LogP contribution in [0.1, 0.15) is 4.88 Å². The van der Waals surface area contributed by atoms with E-state index >= 15 is 0 Å². The lowest BCUT2D eigenvalue weighted by molar-refractivity contribution is -0.384. The maximum absolute atomic E-state index is 10.9. The standard InChI is InChI=1S/C10H10N4O2S/c1-6-3-4-8(17-6)9-7(14(15)16)5-12-10(11-2)13-9/h3-5H,1-2H3,(H,11,12,13). The van der Waals surface area contributed by atoms with Gasteiger partial charge >= 0.3 is 5.69 Å². The van der Waals surface area contributed by atoms with Gasteiger partial charge in [0.15, 0.2) is 5.69 Å². The van der Waals surface area contributed by atoms with Crippen LogP contribution in [-0.2, 0) is 0 Å². The van der Waals surface area contributed by atoms with Crippen molar-refractivity contribution < 1.29 is 4.92 Å². The van der Waals surface area contributed by atoms with Gasteiger partial charge in [0.1, 0.15) is 6.20 Å². The second kappa shape index (κ2) is 4.46. The van der Waals surface area contributed by atoms with Crippen LogP contribution < -0.4 is 5.32 Å². The molecule has 0 amide bonds. The molecule has 2 heterocycles. The Bertz CT molecular complexity index is 567. The second-order valence-corrected chi connectivity index (χ2v) is 4.63. The van der Waals surface area contributed by atoms with E-state index in [1.54, 1.807) is 7.05 Å². The molecule has 0 aliphatic carbocycles. The molecule has 6 nitrogen and oxygen atoms in total. The van der Waals surface area contributed by atoms with Crippen molar-refractivity contribution in [2.24, 2.45) is 0 Å². The fraction of sp³-hybridized carbons (Fsp3) is 0.200. The lowest BCUT2D eigenvalue weighted by Gasteiger charge is -2.02. The van der Waals surface area contributed by atoms with Crippen molar-refractivity contribution in [3.63, 3.8) is 0 Å². The number of anilines is 1. The monoisotopic (exact) mass is 250 g/mol. The minimum Gasteiger partial charge on any atom is -0.357 e. The SMILES string of the molecule is CNc1ncc([N+](=O)[O-])c(-c2ccc(C)s2)n1. The van der Waals surface area contributed by atoms with Crippen LogP contribution in [0.4, 0.5) is 11.6 Å². The highest BCUT2D eigenvalue weighted by atomic mass is 32.1. The van der Waals surface area contributed by atoms with Crippen LogP contribution in [0.5, 0.6) is 0 Å². The van der Waals surface area contributed by atoms with Crippen molar-refractivity contribution in [2.75, 3.05) is 12.4 Å². The van der Waals surface area contributed by atoms with Crippen LogP contribution >= 0.6 is 11.3 Å². The predicted molar refractivity (Wildman–Crippen MR) is 66.3 cm³/mol. The molecule has 0 bridgehead atoms. The third kappa shape index (κ3) is 2.23. The van der Waals surface area contributed by atoms with Crippen LogP contribution in [-0.4, -0.2) is 21.9 Å². The summed E-state index contributed by atoms with van der Waals surface area (Å²) in [5.41, 5.74) is 0.276. The van der Waals surface area contributed by atoms with Gasteiger partial charge in [-0.15, -0.1) is 11.3 Å². The Morgan fingerprint density at radius 3 is 2.76 bits per heavy atom. The number of nitrogens with zero attached hydrogens (tertiary/aromatic N) is 3. The zero-order valence-corrected chi connectivity index (χ0v) is 10.1. The summed E-state index contributed by atoms with van der Waals surface area (Å²) in [6, 6.07) is 3.74. The van der Waals surface area contributed by atoms with Crippen molar-refractivity contribution >= 4 is 23.0 Å². The number of aryl methyl sites for hydroxylation is 1. The van der Waals surface area contributed by atoms with Gasteiger partial charge in [0.25, 0.3) is 0 Å². The maximum Gasteiger partial charge on any atom is 0.314 e. The molecule has 0 aliphatic heterocycles. The first-order valence-electron chi connectivity index (χ1n) is 4.88. The van der Waals surface area contributed by atoms with E-state index in [1.807, 2.05) is 19.1 Å². The van der Waals surface area contributed by atoms with Crippen LogP contribution in [0.25, 0.3) is 10.6 Å². The highest BCUT2D eigenvalue weighted by molar-refractivity contribution is 7.15. The number of aromatic nitrogens is 2. The van der Waals surface area contributed by atoms with E-state index in [-0.39, 0.29) is 5.69 Å². The first-order valence-corrected chi connectivity index (χ1v) is 5.69. The van der Waals surface area contributed by atoms with Crippen LogP contribution in [0.3, 0.4) is 0 Å². The molecule has 1 N–H and O–H groups in total. The van der Waals surface area contributed by atoms with Crippen molar-refractivity contribution in [1.29, 1.82) is 0 Å². The Morgan fingerprint density at radius 2 is 2.24 bits per heavy atom. The number of hydrogen-bond donors (Lipinski definition) is 1. The van der Waals surface area contributed by atoms with Gasteiger partial charge in [0.05, 0.1) is 9.80 Å². The van der Waals surface area contributed by atoms with E-state index in [9.17, 15) is 10.1 Å². The molecule has 17 heavy (non-hydrogen) atoms. The smallest absolute Gasteiger partial charge is 0.314 e. The molecule has 2 rings (SSSR count). The average Bonchev–Trinajstić information content (AvgIpc) is 2.75. The predicted octanol–water partition coefficient (Wildman–Crippen LogP) is 2.46. The Hall–Kier alpha value is -2.02. The van der Waals surface area contributed by atoms with Crippen LogP contribution in [0, 0.1) is 17.0 Å². The quantitative estimate of drug-likeness (QED) is 0.668. The van der Waals surface area contributed by atoms with Crippen molar-refractivity contribution in [2.45, 2.75) is 6.92 Å². The van der Waals surface area contributed by atoms with E-state index in [2.05, 4.69) is 15.3 Å². The third-order valence-corrected chi connectivity index (χ3v) is 3.17. The van der Waals surface area contributed by atoms with E-state index in [0.29, 0.717) is 11.6 Å². The van der Waals surface area contributed by atoms with E-state index in [0.717, 1.165) is 9.75 Å². The zero-order chi connectivity index (χ0) is 12.4. The van der Waals surface area contributed by atoms with E-state index in [1.165, 1.54) is 17.5 Å². The molecule has 0 saturated heterocycles. The Morgan fingerprint density at radius 1 is 1.47 bits per heavy atom. The van der Waals surface area contributed by atoms with E-state index < -0.39 is 4.92 Å². The zero-order valence-electron chi connectivity index (χ0n) is 9.30. The lowest BCUT2D eigenvalue weighted by atomic mass is 10.3. The van der Waals surface area contributed by atoms with Crippen molar-refractivity contribution in [3.8, 4) is 10.6 Å². The van der Waals surface area contributed by atoms with Gasteiger partial charge in [-0.2, -0.15) is 0 Å². The molecule has 88 valence electrons. The van der Waals surface area contributed by atoms with Crippen LogP contribution in [0.2, 0.25) is 0 Å². The van der Waals surface area contributed by atoms with Crippen molar-refractivity contribution in [3.05, 3.63) is 33.3 Å². The molecule has 0 radical (unpaired) electrons. The van der Waals surface area contributed by atoms with Gasteiger partial charge in [0, 0.05) is 11.9 Å². The van der Waals surface area contributed by atoms with Gasteiger partial charge in [-0.05, 0) is 19.1 Å². The maximum atomic E-state index is 10.9. The van der Waals surface area contributed by atoms with Gasteiger partial charge in [-0.25, -0.2) is 9.97 Å². The Labute approximate surface area is 102 Å². The summed E-state index contributed by atoms with van der Waals surface area (Å²) in [7, 11) is 1.67. The molecule has 0 unspecified atom stereocenters. The van der Waals surface area contributed by atoms with Crippen LogP contribution in [0.15, 0.2) is 18.3 Å². The molecule has 0 aliphatic rings. The van der Waals surface area contributed by atoms with Crippen molar-refractivity contribution in [1.82, 2.24) is 9.97 Å². The summed E-state index contributed by atoms with van der Waals surface area (Å²) in [6.07, 6.45) is 1.23. The third-order valence-electron chi connectivity index (χ3n) is 2.16. The van der Waals surface area contributed by atoms with Gasteiger partial charge in [-0.3, -0.25) is 10.1 Å². The topological polar surface area (TPSA) is 81.0 Å². The number of rotatable bonds is 3. The molecule has 0 atom stereocenters. The van der Waals surface area contributed by atoms with E-state index in [4.69, 9.17) is 0 Å². The molecule has 0 saturated carbocycles. The summed E-state index contributed by atoms with van der Waals surface area (Å²) >= 11 is 1.47. The molecule has 0 spiro atoms. The number of nitro groups is 1. The molecular formula is C10H10N4O2S. The first kappa shape index (κ1) is 11.5. The second-order valence-electron chi connectivity index (χ2n) is 3.34. The van der Waals surface area contributed by atoms with Gasteiger partial charge in [-0.1, -0.05) is 0 Å². The molecular weight excluding hydrogens is 240 g/mol. The highest BCUT2D eigenvalue weighted by Crippen LogP contribution is 2.32. The highest BCUT2D eigenvalue weighted by Gasteiger charge is 2.19. The molecule has 2 aromatic heterocycles. The largest absolute Gasteiger partial charge is 0.357 e. The summed E-state index contributed by atoms with van der Waals surface area (Å²) < 4.78 is 0. The fourth-order valence-electron chi connectivity index (χ4n) is 1.37. The number of hydrogen-bond acceptors (Lipinski definition) is 6. The number of nitrogens with one attached hydrogen (secondary N) is 1. The summed E-state index contributed by atoms with van der Waals surface area (Å²) in [5, 5.41) is 13.7. The minimum atomic E-state index is -0.468. The summed E-state index contributed by atoms with van der Waals surface area (Å²) in [5.74, 6) is 0.372. The summed E-state index contributed by atoms with van der Waals surface area (Å²) in [6.45, 7) is 1.94. The first-order chi connectivity index (χ1) is 8.11. The van der Waals surface area contributed by atoms with Gasteiger partial charge in [0.2, 0.25) is 5.95 Å². The number of thiophene rings is 1. The lowest BCUT2D eigenvalue weighted by Crippen LogP contribution is -2.00. The fourth-order valence-corrected chi connectivity index (χ4v) is 2.24. The normalized spacial score (nSPS) is 10.2. The molecule has 7 heteroatoms. The molecule has 2 aromatic rings. The molecule has 0 aromatic carbocycles. The average molecular weight is 250 g/mol. The Balaban J connectivity index is 2.60. The Kier molecular flexibility index (Phi) is 3.01. The molecule has 0 fully saturated rings. The summed E-state index contributed by atoms with van der Waals surface area (Å²) in [4.78, 5) is 20.3.